The molecular weight excluding hydrogens is 216 g/mol. The van der Waals surface area contributed by atoms with Gasteiger partial charge in [0, 0.05) is 11.1 Å². The second-order valence-electron chi connectivity index (χ2n) is 4.39. The number of benzene rings is 1. The van der Waals surface area contributed by atoms with Gasteiger partial charge in [-0.2, -0.15) is 5.10 Å². The Kier molecular flexibility index (Phi) is 2.04. The maximum absolute atomic E-state index is 11.0. The molecule has 1 aliphatic rings. The van der Waals surface area contributed by atoms with Crippen molar-refractivity contribution in [2.45, 2.75) is 19.8 Å². The molecule has 0 amide bonds. The Hall–Kier alpha value is -2.10. The first-order valence-corrected chi connectivity index (χ1v) is 5.57. The third-order valence-electron chi connectivity index (χ3n) is 3.25. The van der Waals surface area contributed by atoms with Gasteiger partial charge >= 0.3 is 5.97 Å². The molecule has 17 heavy (non-hydrogen) atoms. The monoisotopic (exact) mass is 228 g/mol. The van der Waals surface area contributed by atoms with Crippen molar-refractivity contribution in [2.75, 3.05) is 0 Å². The zero-order chi connectivity index (χ0) is 12.0. The van der Waals surface area contributed by atoms with Gasteiger partial charge < -0.3 is 5.11 Å². The van der Waals surface area contributed by atoms with Crippen LogP contribution in [0, 0.1) is 6.92 Å². The number of nitrogens with zero attached hydrogens (tertiary/aromatic N) is 1. The molecule has 0 aliphatic heterocycles. The highest BCUT2D eigenvalue weighted by atomic mass is 16.4. The summed E-state index contributed by atoms with van der Waals surface area (Å²) < 4.78 is 0. The molecule has 0 atom stereocenters. The number of carboxylic acids is 1. The molecule has 0 fully saturated rings. The topological polar surface area (TPSA) is 66.0 Å². The van der Waals surface area contributed by atoms with Crippen LogP contribution in [0.5, 0.6) is 0 Å². The van der Waals surface area contributed by atoms with Crippen LogP contribution in [0.2, 0.25) is 0 Å². The lowest BCUT2D eigenvalue weighted by molar-refractivity contribution is 0.0689. The van der Waals surface area contributed by atoms with Gasteiger partial charge in [-0.3, -0.25) is 5.10 Å². The Morgan fingerprint density at radius 1 is 1.41 bits per heavy atom. The summed E-state index contributed by atoms with van der Waals surface area (Å²) in [6, 6.07) is 6.25. The quantitative estimate of drug-likeness (QED) is 0.786. The second-order valence-corrected chi connectivity index (χ2v) is 4.39. The molecule has 0 radical (unpaired) electrons. The summed E-state index contributed by atoms with van der Waals surface area (Å²) in [5, 5.41) is 15.8. The van der Waals surface area contributed by atoms with Gasteiger partial charge in [-0.1, -0.05) is 17.7 Å². The van der Waals surface area contributed by atoms with Crippen molar-refractivity contribution in [2.24, 2.45) is 0 Å². The fourth-order valence-electron chi connectivity index (χ4n) is 2.40. The first-order valence-electron chi connectivity index (χ1n) is 5.57. The molecule has 86 valence electrons. The van der Waals surface area contributed by atoms with Crippen LogP contribution in [0.4, 0.5) is 0 Å². The SMILES string of the molecule is Cc1ccc2c(c1)-c1n[nH]c(C(=O)O)c1CC2. The van der Waals surface area contributed by atoms with Crippen molar-refractivity contribution in [1.82, 2.24) is 10.2 Å². The van der Waals surface area contributed by atoms with E-state index >= 15 is 0 Å². The molecule has 4 heteroatoms. The fraction of sp³-hybridized carbons (Fsp3) is 0.231. The number of H-pyrrole nitrogens is 1. The average Bonchev–Trinajstić information content (AvgIpc) is 2.72. The summed E-state index contributed by atoms with van der Waals surface area (Å²) in [4.78, 5) is 11.0. The lowest BCUT2D eigenvalue weighted by Gasteiger charge is -2.15. The van der Waals surface area contributed by atoms with Crippen molar-refractivity contribution in [3.8, 4) is 11.3 Å². The minimum atomic E-state index is -0.935. The summed E-state index contributed by atoms with van der Waals surface area (Å²) in [6.07, 6.45) is 1.62. The predicted molar refractivity (Wildman–Crippen MR) is 63.1 cm³/mol. The van der Waals surface area contributed by atoms with E-state index in [2.05, 4.69) is 28.4 Å². The summed E-state index contributed by atoms with van der Waals surface area (Å²) in [5.74, 6) is -0.935. The number of aromatic amines is 1. The van der Waals surface area contributed by atoms with Crippen molar-refractivity contribution in [3.63, 3.8) is 0 Å². The molecule has 1 aliphatic carbocycles. The first kappa shape index (κ1) is 10.1. The summed E-state index contributed by atoms with van der Waals surface area (Å²) in [5.41, 5.74) is 5.33. The Morgan fingerprint density at radius 3 is 3.00 bits per heavy atom. The number of aromatic nitrogens is 2. The molecule has 3 rings (SSSR count). The van der Waals surface area contributed by atoms with Crippen LogP contribution in [0.1, 0.15) is 27.2 Å². The molecule has 0 bridgehead atoms. The zero-order valence-corrected chi connectivity index (χ0v) is 9.45. The van der Waals surface area contributed by atoms with E-state index in [9.17, 15) is 4.79 Å². The van der Waals surface area contributed by atoms with Gasteiger partial charge in [-0.25, -0.2) is 4.79 Å². The van der Waals surface area contributed by atoms with E-state index in [1.54, 1.807) is 0 Å². The molecule has 0 saturated carbocycles. The largest absolute Gasteiger partial charge is 0.477 e. The minimum absolute atomic E-state index is 0.229. The Morgan fingerprint density at radius 2 is 2.24 bits per heavy atom. The Labute approximate surface area is 98.3 Å². The highest BCUT2D eigenvalue weighted by molar-refractivity contribution is 5.90. The number of carbonyl (C=O) groups is 1. The minimum Gasteiger partial charge on any atom is -0.477 e. The van der Waals surface area contributed by atoms with E-state index in [0.717, 1.165) is 35.2 Å². The lowest BCUT2D eigenvalue weighted by Crippen LogP contribution is -2.07. The van der Waals surface area contributed by atoms with Gasteiger partial charge in [0.05, 0.1) is 5.69 Å². The highest BCUT2D eigenvalue weighted by Gasteiger charge is 2.24. The molecule has 2 N–H and O–H groups in total. The highest BCUT2D eigenvalue weighted by Crippen LogP contribution is 2.33. The summed E-state index contributed by atoms with van der Waals surface area (Å²) in [7, 11) is 0. The molecular formula is C13H12N2O2. The first-order chi connectivity index (χ1) is 8.16. The summed E-state index contributed by atoms with van der Waals surface area (Å²) >= 11 is 0. The van der Waals surface area contributed by atoms with E-state index in [1.807, 2.05) is 6.92 Å². The summed E-state index contributed by atoms with van der Waals surface area (Å²) in [6.45, 7) is 2.03. The maximum atomic E-state index is 11.0. The van der Waals surface area contributed by atoms with Crippen LogP contribution in [0.25, 0.3) is 11.3 Å². The van der Waals surface area contributed by atoms with Crippen LogP contribution in [-0.4, -0.2) is 21.3 Å². The number of nitrogens with one attached hydrogen (secondary N) is 1. The predicted octanol–water partition coefficient (Wildman–Crippen LogP) is 2.18. The average molecular weight is 228 g/mol. The second kappa shape index (κ2) is 3.45. The number of carboxylic acid groups (broad SMARTS) is 1. The number of aryl methyl sites for hydroxylation is 2. The maximum Gasteiger partial charge on any atom is 0.354 e. The number of fused-ring (bicyclic) bond motifs is 3. The Balaban J connectivity index is 2.23. The molecule has 1 heterocycles. The van der Waals surface area contributed by atoms with E-state index < -0.39 is 5.97 Å². The van der Waals surface area contributed by atoms with Crippen LogP contribution < -0.4 is 0 Å². The number of rotatable bonds is 1. The standard InChI is InChI=1S/C13H12N2O2/c1-7-2-3-8-4-5-9-11(10(8)6-7)14-15-12(9)13(16)17/h2-3,6H,4-5H2,1H3,(H,14,15)(H,16,17). The number of hydrogen-bond acceptors (Lipinski definition) is 2. The van der Waals surface area contributed by atoms with E-state index in [4.69, 9.17) is 5.11 Å². The van der Waals surface area contributed by atoms with E-state index in [-0.39, 0.29) is 5.69 Å². The van der Waals surface area contributed by atoms with Crippen molar-refractivity contribution >= 4 is 5.97 Å². The Bertz CT molecular complexity index is 614. The third-order valence-corrected chi connectivity index (χ3v) is 3.25. The fourth-order valence-corrected chi connectivity index (χ4v) is 2.40. The van der Waals surface area contributed by atoms with Gasteiger partial charge in [0.2, 0.25) is 0 Å². The molecule has 0 unspecified atom stereocenters. The van der Waals surface area contributed by atoms with Gasteiger partial charge in [0.15, 0.2) is 0 Å². The molecule has 0 saturated heterocycles. The number of aromatic carboxylic acids is 1. The van der Waals surface area contributed by atoms with Crippen LogP contribution in [0.3, 0.4) is 0 Å². The third kappa shape index (κ3) is 1.45. The van der Waals surface area contributed by atoms with E-state index in [1.165, 1.54) is 5.56 Å². The van der Waals surface area contributed by atoms with Crippen LogP contribution >= 0.6 is 0 Å². The van der Waals surface area contributed by atoms with Gasteiger partial charge in [-0.15, -0.1) is 0 Å². The van der Waals surface area contributed by atoms with Gasteiger partial charge in [0.25, 0.3) is 0 Å². The molecule has 1 aromatic heterocycles. The molecule has 2 aromatic rings. The van der Waals surface area contributed by atoms with Crippen molar-refractivity contribution in [1.29, 1.82) is 0 Å². The van der Waals surface area contributed by atoms with Gasteiger partial charge in [-0.05, 0) is 31.4 Å². The van der Waals surface area contributed by atoms with Crippen LogP contribution in [-0.2, 0) is 12.8 Å². The van der Waals surface area contributed by atoms with E-state index in [0.29, 0.717) is 0 Å². The lowest BCUT2D eigenvalue weighted by atomic mass is 9.88. The smallest absolute Gasteiger partial charge is 0.354 e. The number of hydrogen-bond donors (Lipinski definition) is 2. The molecule has 4 nitrogen and oxygen atoms in total. The normalized spacial score (nSPS) is 13.0. The van der Waals surface area contributed by atoms with Gasteiger partial charge in [0.1, 0.15) is 5.69 Å². The molecule has 0 spiro atoms. The van der Waals surface area contributed by atoms with Crippen molar-refractivity contribution in [3.05, 3.63) is 40.6 Å². The van der Waals surface area contributed by atoms with Crippen LogP contribution in [0.15, 0.2) is 18.2 Å². The zero-order valence-electron chi connectivity index (χ0n) is 9.45. The molecule has 1 aromatic carbocycles. The van der Waals surface area contributed by atoms with Crippen molar-refractivity contribution < 1.29 is 9.90 Å².